The molecule has 0 saturated heterocycles. The van der Waals surface area contributed by atoms with Crippen molar-refractivity contribution in [3.05, 3.63) is 65.2 Å². The van der Waals surface area contributed by atoms with Gasteiger partial charge in [-0.1, -0.05) is 35.9 Å². The first-order chi connectivity index (χ1) is 10.9. The summed E-state index contributed by atoms with van der Waals surface area (Å²) in [6.45, 7) is 5.34. The Morgan fingerprint density at radius 1 is 1.04 bits per heavy atom. The van der Waals surface area contributed by atoms with Crippen molar-refractivity contribution in [3.8, 4) is 0 Å². The van der Waals surface area contributed by atoms with Crippen molar-refractivity contribution in [1.29, 1.82) is 0 Å². The molecule has 4 nitrogen and oxygen atoms in total. The predicted octanol–water partition coefficient (Wildman–Crippen LogP) is 3.51. The van der Waals surface area contributed by atoms with Crippen LogP contribution in [0.25, 0.3) is 0 Å². The average Bonchev–Trinajstić information content (AvgIpc) is 2.56. The summed E-state index contributed by atoms with van der Waals surface area (Å²) >= 11 is 0. The minimum Gasteiger partial charge on any atom is -0.449 e. The maximum Gasteiger partial charge on any atom is 0.339 e. The van der Waals surface area contributed by atoms with Gasteiger partial charge >= 0.3 is 5.97 Å². The largest absolute Gasteiger partial charge is 0.449 e. The number of hydrogen-bond acceptors (Lipinski definition) is 3. The van der Waals surface area contributed by atoms with Gasteiger partial charge in [-0.05, 0) is 44.5 Å². The zero-order valence-corrected chi connectivity index (χ0v) is 13.9. The average molecular weight is 311 g/mol. The van der Waals surface area contributed by atoms with Gasteiger partial charge in [-0.25, -0.2) is 4.79 Å². The van der Waals surface area contributed by atoms with E-state index in [1.54, 1.807) is 20.0 Å². The number of anilines is 1. The van der Waals surface area contributed by atoms with Crippen LogP contribution < -0.4 is 4.90 Å². The summed E-state index contributed by atoms with van der Waals surface area (Å²) in [6, 6.07) is 14.8. The highest BCUT2D eigenvalue weighted by molar-refractivity contribution is 5.99. The van der Waals surface area contributed by atoms with Gasteiger partial charge in [-0.15, -0.1) is 0 Å². The molecule has 23 heavy (non-hydrogen) atoms. The molecule has 0 aliphatic rings. The Morgan fingerprint density at radius 3 is 2.35 bits per heavy atom. The molecule has 2 rings (SSSR count). The number of carbonyl (C=O) groups is 2. The lowest BCUT2D eigenvalue weighted by Gasteiger charge is -2.21. The summed E-state index contributed by atoms with van der Waals surface area (Å²) < 4.78 is 5.35. The van der Waals surface area contributed by atoms with Gasteiger partial charge in [0, 0.05) is 12.7 Å². The van der Waals surface area contributed by atoms with Crippen LogP contribution in [0.3, 0.4) is 0 Å². The van der Waals surface area contributed by atoms with Crippen molar-refractivity contribution < 1.29 is 14.3 Å². The number of esters is 1. The van der Waals surface area contributed by atoms with Crippen molar-refractivity contribution >= 4 is 17.6 Å². The third-order valence-electron chi connectivity index (χ3n) is 3.72. The highest BCUT2D eigenvalue weighted by Crippen LogP contribution is 2.16. The van der Waals surface area contributed by atoms with E-state index in [-0.39, 0.29) is 5.91 Å². The number of aryl methyl sites for hydroxylation is 2. The van der Waals surface area contributed by atoms with Crippen molar-refractivity contribution in [2.75, 3.05) is 11.9 Å². The lowest BCUT2D eigenvalue weighted by atomic mass is 10.1. The number of rotatable bonds is 4. The van der Waals surface area contributed by atoms with Gasteiger partial charge in [0.05, 0.1) is 5.56 Å². The van der Waals surface area contributed by atoms with Crippen LogP contribution in [-0.4, -0.2) is 25.0 Å². The maximum atomic E-state index is 12.4. The van der Waals surface area contributed by atoms with Gasteiger partial charge in [0.25, 0.3) is 5.91 Å². The second kappa shape index (κ2) is 7.09. The van der Waals surface area contributed by atoms with Crippen molar-refractivity contribution in [3.63, 3.8) is 0 Å². The van der Waals surface area contributed by atoms with Crippen LogP contribution in [0.4, 0.5) is 5.69 Å². The molecule has 0 unspecified atom stereocenters. The van der Waals surface area contributed by atoms with Crippen LogP contribution in [0.15, 0.2) is 48.5 Å². The third-order valence-corrected chi connectivity index (χ3v) is 3.72. The van der Waals surface area contributed by atoms with Gasteiger partial charge in [0.2, 0.25) is 0 Å². The normalized spacial score (nSPS) is 11.7. The van der Waals surface area contributed by atoms with Crippen LogP contribution in [0.2, 0.25) is 0 Å². The lowest BCUT2D eigenvalue weighted by molar-refractivity contribution is -0.126. The number of benzene rings is 2. The molecule has 2 aromatic carbocycles. The van der Waals surface area contributed by atoms with Crippen LogP contribution in [0.1, 0.15) is 28.4 Å². The maximum absolute atomic E-state index is 12.4. The van der Waals surface area contributed by atoms with Gasteiger partial charge in [-0.3, -0.25) is 4.79 Å². The molecule has 1 amide bonds. The minimum absolute atomic E-state index is 0.269. The number of carbonyl (C=O) groups excluding carboxylic acids is 2. The molecule has 0 radical (unpaired) electrons. The quantitative estimate of drug-likeness (QED) is 0.812. The number of hydrogen-bond donors (Lipinski definition) is 0. The van der Waals surface area contributed by atoms with Gasteiger partial charge in [0.15, 0.2) is 6.10 Å². The highest BCUT2D eigenvalue weighted by atomic mass is 16.5. The first-order valence-corrected chi connectivity index (χ1v) is 7.51. The number of likely N-dealkylation sites (N-methyl/N-ethyl adjacent to an activating group) is 1. The predicted molar refractivity (Wildman–Crippen MR) is 90.6 cm³/mol. The first kappa shape index (κ1) is 16.7. The Bertz CT molecular complexity index is 710. The molecule has 4 heteroatoms. The monoisotopic (exact) mass is 311 g/mol. The van der Waals surface area contributed by atoms with E-state index in [1.165, 1.54) is 4.90 Å². The van der Waals surface area contributed by atoms with Crippen molar-refractivity contribution in [2.24, 2.45) is 0 Å². The van der Waals surface area contributed by atoms with Crippen molar-refractivity contribution in [2.45, 2.75) is 26.9 Å². The standard InChI is InChI=1S/C19H21NO3/c1-13-10-11-14(2)17(12-13)19(22)23-15(3)18(21)20(4)16-8-6-5-7-9-16/h5-12,15H,1-4H3/t15-/m0/s1. The van der Waals surface area contributed by atoms with Gasteiger partial charge < -0.3 is 9.64 Å². The Kier molecular flexibility index (Phi) is 5.16. The van der Waals surface area contributed by atoms with E-state index < -0.39 is 12.1 Å². The fourth-order valence-corrected chi connectivity index (χ4v) is 2.28. The van der Waals surface area contributed by atoms with Crippen LogP contribution in [0, 0.1) is 13.8 Å². The molecular weight excluding hydrogens is 290 g/mol. The van der Waals surface area contributed by atoms with Crippen LogP contribution in [0.5, 0.6) is 0 Å². The second-order valence-corrected chi connectivity index (χ2v) is 5.60. The van der Waals surface area contributed by atoms with E-state index in [2.05, 4.69) is 0 Å². The van der Waals surface area contributed by atoms with Crippen LogP contribution in [-0.2, 0) is 9.53 Å². The molecule has 0 bridgehead atoms. The molecule has 0 aromatic heterocycles. The zero-order valence-electron chi connectivity index (χ0n) is 13.9. The molecule has 0 aliphatic carbocycles. The smallest absolute Gasteiger partial charge is 0.339 e. The Morgan fingerprint density at radius 2 is 1.70 bits per heavy atom. The molecule has 0 aliphatic heterocycles. The Hall–Kier alpha value is -2.62. The number of ether oxygens (including phenoxy) is 1. The van der Waals surface area contributed by atoms with E-state index in [0.29, 0.717) is 5.56 Å². The number of para-hydroxylation sites is 1. The summed E-state index contributed by atoms with van der Waals surface area (Å²) in [5.74, 6) is -0.747. The fourth-order valence-electron chi connectivity index (χ4n) is 2.28. The SMILES string of the molecule is Cc1ccc(C)c(C(=O)O[C@@H](C)C(=O)N(C)c2ccccc2)c1. The van der Waals surface area contributed by atoms with E-state index in [4.69, 9.17) is 4.74 Å². The molecule has 2 aromatic rings. The van der Waals surface area contributed by atoms with Crippen molar-refractivity contribution in [1.82, 2.24) is 0 Å². The zero-order chi connectivity index (χ0) is 17.0. The topological polar surface area (TPSA) is 46.6 Å². The highest BCUT2D eigenvalue weighted by Gasteiger charge is 2.23. The molecular formula is C19H21NO3. The summed E-state index contributed by atoms with van der Waals surface area (Å²) in [6.07, 6.45) is -0.854. The first-order valence-electron chi connectivity index (χ1n) is 7.51. The Balaban J connectivity index is 2.09. The molecule has 0 fully saturated rings. The molecule has 0 spiro atoms. The van der Waals surface area contributed by atoms with E-state index >= 15 is 0 Å². The van der Waals surface area contributed by atoms with E-state index in [1.807, 2.05) is 56.3 Å². The molecule has 0 N–H and O–H groups in total. The number of amides is 1. The molecule has 1 atom stereocenters. The Labute approximate surface area is 136 Å². The lowest BCUT2D eigenvalue weighted by Crippen LogP contribution is -2.37. The summed E-state index contributed by atoms with van der Waals surface area (Å²) in [7, 11) is 1.67. The molecule has 0 saturated carbocycles. The summed E-state index contributed by atoms with van der Waals surface area (Å²) in [5.41, 5.74) is 3.05. The van der Waals surface area contributed by atoms with Gasteiger partial charge in [0.1, 0.15) is 0 Å². The van der Waals surface area contributed by atoms with Crippen LogP contribution >= 0.6 is 0 Å². The second-order valence-electron chi connectivity index (χ2n) is 5.60. The molecule has 0 heterocycles. The fraction of sp³-hybridized carbons (Fsp3) is 0.263. The molecule has 120 valence electrons. The third kappa shape index (κ3) is 3.97. The summed E-state index contributed by atoms with van der Waals surface area (Å²) in [5, 5.41) is 0. The van der Waals surface area contributed by atoms with E-state index in [9.17, 15) is 9.59 Å². The van der Waals surface area contributed by atoms with E-state index in [0.717, 1.165) is 16.8 Å². The number of nitrogens with zero attached hydrogens (tertiary/aromatic N) is 1. The summed E-state index contributed by atoms with van der Waals surface area (Å²) in [4.78, 5) is 26.2. The van der Waals surface area contributed by atoms with Gasteiger partial charge in [-0.2, -0.15) is 0 Å². The minimum atomic E-state index is -0.854.